The largest absolute Gasteiger partial charge is 0.318 e. The standard InChI is InChI=1S/C7H6FN3/c1-11-4-10-6-2-5(8)3-9-7(6)11/h2-4H,1H3. The molecular weight excluding hydrogens is 145 g/mol. The van der Waals surface area contributed by atoms with Gasteiger partial charge in [-0.05, 0) is 0 Å². The topological polar surface area (TPSA) is 30.7 Å². The second kappa shape index (κ2) is 2.02. The number of aromatic nitrogens is 3. The van der Waals surface area contributed by atoms with E-state index in [0.29, 0.717) is 11.2 Å². The van der Waals surface area contributed by atoms with Crippen LogP contribution in [0, 0.1) is 5.82 Å². The van der Waals surface area contributed by atoms with Crippen LogP contribution in [0.2, 0.25) is 0 Å². The van der Waals surface area contributed by atoms with Crippen molar-refractivity contribution < 1.29 is 4.39 Å². The van der Waals surface area contributed by atoms with Gasteiger partial charge in [-0.1, -0.05) is 0 Å². The molecule has 2 aromatic rings. The molecule has 0 unspecified atom stereocenters. The summed E-state index contributed by atoms with van der Waals surface area (Å²) in [6.45, 7) is 0. The maximum atomic E-state index is 12.5. The van der Waals surface area contributed by atoms with E-state index < -0.39 is 0 Å². The molecule has 0 spiro atoms. The number of fused-ring (bicyclic) bond motifs is 1. The first-order chi connectivity index (χ1) is 5.27. The van der Waals surface area contributed by atoms with Crippen molar-refractivity contribution in [1.29, 1.82) is 0 Å². The lowest BCUT2D eigenvalue weighted by Crippen LogP contribution is -1.87. The highest BCUT2D eigenvalue weighted by molar-refractivity contribution is 5.69. The molecule has 11 heavy (non-hydrogen) atoms. The van der Waals surface area contributed by atoms with Gasteiger partial charge in [0, 0.05) is 13.1 Å². The zero-order valence-corrected chi connectivity index (χ0v) is 5.95. The molecule has 0 bridgehead atoms. The van der Waals surface area contributed by atoms with Crippen molar-refractivity contribution in [2.24, 2.45) is 7.05 Å². The summed E-state index contributed by atoms with van der Waals surface area (Å²) in [7, 11) is 1.82. The summed E-state index contributed by atoms with van der Waals surface area (Å²) in [5, 5.41) is 0. The van der Waals surface area contributed by atoms with Crippen LogP contribution in [0.1, 0.15) is 0 Å². The normalized spacial score (nSPS) is 10.7. The van der Waals surface area contributed by atoms with Crippen molar-refractivity contribution in [3.63, 3.8) is 0 Å². The van der Waals surface area contributed by atoms with E-state index in [1.54, 1.807) is 10.9 Å². The Morgan fingerprint density at radius 2 is 2.27 bits per heavy atom. The van der Waals surface area contributed by atoms with Gasteiger partial charge in [-0.3, -0.25) is 0 Å². The number of pyridine rings is 1. The number of hydrogen-bond acceptors (Lipinski definition) is 2. The molecule has 0 saturated carbocycles. The molecule has 0 aliphatic rings. The summed E-state index contributed by atoms with van der Waals surface area (Å²) in [6.07, 6.45) is 2.79. The smallest absolute Gasteiger partial charge is 0.159 e. The van der Waals surface area contributed by atoms with Gasteiger partial charge in [0.15, 0.2) is 5.65 Å². The summed E-state index contributed by atoms with van der Waals surface area (Å²) >= 11 is 0. The molecule has 0 aliphatic carbocycles. The molecule has 0 N–H and O–H groups in total. The van der Waals surface area contributed by atoms with E-state index >= 15 is 0 Å². The Morgan fingerprint density at radius 3 is 3.09 bits per heavy atom. The second-order valence-electron chi connectivity index (χ2n) is 2.35. The van der Waals surface area contributed by atoms with E-state index in [2.05, 4.69) is 9.97 Å². The molecule has 0 aromatic carbocycles. The van der Waals surface area contributed by atoms with Crippen LogP contribution in [-0.2, 0) is 7.05 Å². The fraction of sp³-hybridized carbons (Fsp3) is 0.143. The van der Waals surface area contributed by atoms with Crippen molar-refractivity contribution in [2.75, 3.05) is 0 Å². The van der Waals surface area contributed by atoms with Gasteiger partial charge in [0.2, 0.25) is 0 Å². The fourth-order valence-electron chi connectivity index (χ4n) is 0.992. The first-order valence-corrected chi connectivity index (χ1v) is 3.20. The lowest BCUT2D eigenvalue weighted by atomic mass is 10.4. The Bertz CT molecular complexity index is 393. The van der Waals surface area contributed by atoms with Crippen LogP contribution >= 0.6 is 0 Å². The highest BCUT2D eigenvalue weighted by Gasteiger charge is 2.00. The molecule has 3 nitrogen and oxygen atoms in total. The van der Waals surface area contributed by atoms with Crippen LogP contribution in [0.4, 0.5) is 4.39 Å². The van der Waals surface area contributed by atoms with Gasteiger partial charge in [-0.2, -0.15) is 0 Å². The maximum absolute atomic E-state index is 12.5. The third-order valence-corrected chi connectivity index (χ3v) is 1.52. The molecule has 0 radical (unpaired) electrons. The molecule has 0 atom stereocenters. The quantitative estimate of drug-likeness (QED) is 0.564. The Balaban J connectivity index is 2.86. The molecule has 56 valence electrons. The summed E-state index contributed by atoms with van der Waals surface area (Å²) < 4.78 is 14.3. The van der Waals surface area contributed by atoms with Gasteiger partial charge in [0.1, 0.15) is 11.3 Å². The minimum absolute atomic E-state index is 0.351. The van der Waals surface area contributed by atoms with Crippen LogP contribution in [0.25, 0.3) is 11.2 Å². The summed E-state index contributed by atoms with van der Waals surface area (Å²) in [6, 6.07) is 1.36. The molecule has 2 heterocycles. The number of rotatable bonds is 0. The van der Waals surface area contributed by atoms with Crippen LogP contribution in [0.3, 0.4) is 0 Å². The molecular formula is C7H6FN3. The lowest BCUT2D eigenvalue weighted by molar-refractivity contribution is 0.623. The molecule has 2 rings (SSSR count). The SMILES string of the molecule is Cn1cnc2cc(F)cnc21. The molecule has 4 heteroatoms. The summed E-state index contributed by atoms with van der Waals surface area (Å²) in [5.74, 6) is -0.351. The third-order valence-electron chi connectivity index (χ3n) is 1.52. The van der Waals surface area contributed by atoms with Gasteiger partial charge >= 0.3 is 0 Å². The maximum Gasteiger partial charge on any atom is 0.159 e. The van der Waals surface area contributed by atoms with Crippen molar-refractivity contribution >= 4 is 11.2 Å². The predicted octanol–water partition coefficient (Wildman–Crippen LogP) is 1.11. The van der Waals surface area contributed by atoms with Gasteiger partial charge in [-0.15, -0.1) is 0 Å². The van der Waals surface area contributed by atoms with Gasteiger partial charge in [0.05, 0.1) is 12.5 Å². The van der Waals surface area contributed by atoms with Crippen molar-refractivity contribution in [1.82, 2.24) is 14.5 Å². The number of hydrogen-bond donors (Lipinski definition) is 0. The van der Waals surface area contributed by atoms with Crippen LogP contribution in [0.15, 0.2) is 18.6 Å². The summed E-state index contributed by atoms with van der Waals surface area (Å²) in [5.41, 5.74) is 1.29. The Kier molecular flexibility index (Phi) is 1.15. The molecule has 0 saturated heterocycles. The minimum Gasteiger partial charge on any atom is -0.318 e. The number of aryl methyl sites for hydroxylation is 1. The third kappa shape index (κ3) is 0.869. The highest BCUT2D eigenvalue weighted by atomic mass is 19.1. The zero-order chi connectivity index (χ0) is 7.84. The lowest BCUT2D eigenvalue weighted by Gasteiger charge is -1.90. The van der Waals surface area contributed by atoms with Gasteiger partial charge in [0.25, 0.3) is 0 Å². The number of imidazole rings is 1. The van der Waals surface area contributed by atoms with Crippen LogP contribution < -0.4 is 0 Å². The van der Waals surface area contributed by atoms with E-state index in [1.807, 2.05) is 7.05 Å². The Hall–Kier alpha value is -1.45. The minimum atomic E-state index is -0.351. The molecule has 2 aromatic heterocycles. The van der Waals surface area contributed by atoms with E-state index in [1.165, 1.54) is 12.3 Å². The van der Waals surface area contributed by atoms with Gasteiger partial charge < -0.3 is 4.57 Å². The zero-order valence-electron chi connectivity index (χ0n) is 5.95. The summed E-state index contributed by atoms with van der Waals surface area (Å²) in [4.78, 5) is 7.81. The van der Waals surface area contributed by atoms with Crippen molar-refractivity contribution in [3.8, 4) is 0 Å². The monoisotopic (exact) mass is 151 g/mol. The van der Waals surface area contributed by atoms with Crippen LogP contribution in [-0.4, -0.2) is 14.5 Å². The first-order valence-electron chi connectivity index (χ1n) is 3.20. The number of nitrogens with zero attached hydrogens (tertiary/aromatic N) is 3. The predicted molar refractivity (Wildman–Crippen MR) is 38.5 cm³/mol. The number of halogens is 1. The van der Waals surface area contributed by atoms with Crippen molar-refractivity contribution in [3.05, 3.63) is 24.4 Å². The fourth-order valence-corrected chi connectivity index (χ4v) is 0.992. The first kappa shape index (κ1) is 6.27. The van der Waals surface area contributed by atoms with Crippen molar-refractivity contribution in [2.45, 2.75) is 0 Å². The molecule has 0 aliphatic heterocycles. The average Bonchev–Trinajstić information content (AvgIpc) is 2.32. The second-order valence-corrected chi connectivity index (χ2v) is 2.35. The Labute approximate surface area is 62.5 Å². The Morgan fingerprint density at radius 1 is 1.45 bits per heavy atom. The van der Waals surface area contributed by atoms with E-state index in [0.717, 1.165) is 0 Å². The molecule has 0 fully saturated rings. The van der Waals surface area contributed by atoms with Crippen LogP contribution in [0.5, 0.6) is 0 Å². The van der Waals surface area contributed by atoms with Gasteiger partial charge in [-0.25, -0.2) is 14.4 Å². The molecule has 0 amide bonds. The van der Waals surface area contributed by atoms with E-state index in [-0.39, 0.29) is 5.82 Å². The average molecular weight is 151 g/mol. The highest BCUT2D eigenvalue weighted by Crippen LogP contribution is 2.08. The van der Waals surface area contributed by atoms with E-state index in [4.69, 9.17) is 0 Å². The van der Waals surface area contributed by atoms with E-state index in [9.17, 15) is 4.39 Å².